The van der Waals surface area contributed by atoms with Crippen molar-refractivity contribution < 1.29 is 9.47 Å². The van der Waals surface area contributed by atoms with Crippen LogP contribution in [0.1, 0.15) is 36.8 Å². The van der Waals surface area contributed by atoms with Gasteiger partial charge in [0.05, 0.1) is 0 Å². The standard InChI is InChI=1S/C32H34N2O2/c1-3-7-28-25(5-1)15-16-31-30(28)20-34(21-35-31)18-24-11-9-23(10-12-24)17-33-19-27-14-13-26-6-2-4-8-29(26)32(27)36-22-33/h1-8,13-16,23-24H,9-12,17-22H2. The fraction of sp³-hybridized carbons (Fsp3) is 0.375. The van der Waals surface area contributed by atoms with E-state index in [1.54, 1.807) is 0 Å². The Hall–Kier alpha value is -3.08. The number of fused-ring (bicyclic) bond motifs is 6. The van der Waals surface area contributed by atoms with Gasteiger partial charge in [-0.25, -0.2) is 0 Å². The number of ether oxygens (including phenoxy) is 2. The molecule has 2 aliphatic heterocycles. The van der Waals surface area contributed by atoms with Gasteiger partial charge in [-0.15, -0.1) is 0 Å². The van der Waals surface area contributed by atoms with Gasteiger partial charge >= 0.3 is 0 Å². The maximum Gasteiger partial charge on any atom is 0.142 e. The number of rotatable bonds is 4. The lowest BCUT2D eigenvalue weighted by Gasteiger charge is -2.37. The fourth-order valence-electron chi connectivity index (χ4n) is 6.63. The number of nitrogens with zero attached hydrogens (tertiary/aromatic N) is 2. The van der Waals surface area contributed by atoms with Crippen molar-refractivity contribution in [2.45, 2.75) is 38.8 Å². The van der Waals surface area contributed by atoms with Crippen LogP contribution < -0.4 is 9.47 Å². The molecule has 4 aromatic carbocycles. The van der Waals surface area contributed by atoms with Gasteiger partial charge in [0.25, 0.3) is 0 Å². The van der Waals surface area contributed by atoms with E-state index in [9.17, 15) is 0 Å². The summed E-state index contributed by atoms with van der Waals surface area (Å²) in [6.07, 6.45) is 5.28. The summed E-state index contributed by atoms with van der Waals surface area (Å²) in [7, 11) is 0. The molecule has 7 rings (SSSR count). The van der Waals surface area contributed by atoms with Crippen LogP contribution in [0.15, 0.2) is 72.8 Å². The lowest BCUT2D eigenvalue weighted by atomic mass is 9.81. The summed E-state index contributed by atoms with van der Waals surface area (Å²) in [6, 6.07) is 26.0. The molecule has 184 valence electrons. The van der Waals surface area contributed by atoms with E-state index in [4.69, 9.17) is 9.47 Å². The summed E-state index contributed by atoms with van der Waals surface area (Å²) < 4.78 is 12.4. The predicted octanol–water partition coefficient (Wildman–Crippen LogP) is 6.80. The highest BCUT2D eigenvalue weighted by Gasteiger charge is 2.28. The van der Waals surface area contributed by atoms with Crippen molar-refractivity contribution in [2.24, 2.45) is 11.8 Å². The third-order valence-corrected chi connectivity index (χ3v) is 8.53. The van der Waals surface area contributed by atoms with Crippen LogP contribution in [0.4, 0.5) is 0 Å². The molecular formula is C32H34N2O2. The topological polar surface area (TPSA) is 24.9 Å². The third kappa shape index (κ3) is 4.23. The molecule has 3 aliphatic rings. The molecule has 0 spiro atoms. The van der Waals surface area contributed by atoms with Gasteiger partial charge in [-0.3, -0.25) is 9.80 Å². The highest BCUT2D eigenvalue weighted by molar-refractivity contribution is 5.90. The quantitative estimate of drug-likeness (QED) is 0.322. The summed E-state index contributed by atoms with van der Waals surface area (Å²) in [5, 5.41) is 5.15. The van der Waals surface area contributed by atoms with E-state index in [-0.39, 0.29) is 0 Å². The molecule has 0 bridgehead atoms. The molecule has 0 aromatic heterocycles. The molecule has 36 heavy (non-hydrogen) atoms. The van der Waals surface area contributed by atoms with Crippen molar-refractivity contribution >= 4 is 21.5 Å². The molecule has 4 aromatic rings. The summed E-state index contributed by atoms with van der Waals surface area (Å²) in [5.41, 5.74) is 2.68. The zero-order chi connectivity index (χ0) is 23.9. The van der Waals surface area contributed by atoms with E-state index in [0.29, 0.717) is 13.5 Å². The highest BCUT2D eigenvalue weighted by atomic mass is 16.5. The second-order valence-corrected chi connectivity index (χ2v) is 11.0. The lowest BCUT2D eigenvalue weighted by Crippen LogP contribution is -2.39. The largest absolute Gasteiger partial charge is 0.478 e. The first-order valence-corrected chi connectivity index (χ1v) is 13.5. The highest BCUT2D eigenvalue weighted by Crippen LogP contribution is 2.37. The Bertz CT molecular complexity index is 1390. The second kappa shape index (κ2) is 9.42. The number of hydrogen-bond acceptors (Lipinski definition) is 4. The normalized spacial score (nSPS) is 22.6. The summed E-state index contributed by atoms with van der Waals surface area (Å²) >= 11 is 0. The maximum atomic E-state index is 6.28. The first-order valence-electron chi connectivity index (χ1n) is 13.5. The van der Waals surface area contributed by atoms with E-state index in [2.05, 4.69) is 82.6 Å². The minimum absolute atomic E-state index is 0.708. The van der Waals surface area contributed by atoms with Gasteiger partial charge in [-0.05, 0) is 59.7 Å². The minimum Gasteiger partial charge on any atom is -0.478 e. The Morgan fingerprint density at radius 3 is 2.00 bits per heavy atom. The van der Waals surface area contributed by atoms with Crippen molar-refractivity contribution in [1.82, 2.24) is 9.80 Å². The van der Waals surface area contributed by atoms with Crippen molar-refractivity contribution in [3.8, 4) is 11.5 Å². The van der Waals surface area contributed by atoms with Gasteiger partial charge in [0.15, 0.2) is 0 Å². The van der Waals surface area contributed by atoms with Gasteiger partial charge in [-0.1, -0.05) is 66.7 Å². The monoisotopic (exact) mass is 478 g/mol. The van der Waals surface area contributed by atoms with E-state index in [0.717, 1.165) is 49.5 Å². The average molecular weight is 479 g/mol. The predicted molar refractivity (Wildman–Crippen MR) is 145 cm³/mol. The van der Waals surface area contributed by atoms with Crippen LogP contribution in [-0.2, 0) is 13.1 Å². The fourth-order valence-corrected chi connectivity index (χ4v) is 6.63. The lowest BCUT2D eigenvalue weighted by molar-refractivity contribution is 0.0536. The molecule has 1 fully saturated rings. The molecule has 1 aliphatic carbocycles. The molecule has 0 unspecified atom stereocenters. The molecule has 2 heterocycles. The van der Waals surface area contributed by atoms with E-state index >= 15 is 0 Å². The Kier molecular flexibility index (Phi) is 5.79. The molecule has 4 heteroatoms. The van der Waals surface area contributed by atoms with Gasteiger partial charge in [0.2, 0.25) is 0 Å². The van der Waals surface area contributed by atoms with Crippen LogP contribution in [0.2, 0.25) is 0 Å². The molecule has 1 saturated carbocycles. The Morgan fingerprint density at radius 2 is 1.22 bits per heavy atom. The SMILES string of the molecule is c1ccc2c3c(ccc2c1)OCN(CC1CCC(CN2COc4c(ccc5ccccc45)C2)CC1)C3. The van der Waals surface area contributed by atoms with E-state index in [1.165, 1.54) is 58.4 Å². The second-order valence-electron chi connectivity index (χ2n) is 11.0. The zero-order valence-corrected chi connectivity index (χ0v) is 20.9. The van der Waals surface area contributed by atoms with Gasteiger partial charge in [0.1, 0.15) is 25.0 Å². The van der Waals surface area contributed by atoms with Crippen molar-refractivity contribution in [2.75, 3.05) is 26.6 Å². The molecule has 0 saturated heterocycles. The first-order chi connectivity index (χ1) is 17.8. The molecule has 0 radical (unpaired) electrons. The molecule has 0 N–H and O–H groups in total. The van der Waals surface area contributed by atoms with Crippen LogP contribution >= 0.6 is 0 Å². The Labute approximate surface area is 213 Å². The van der Waals surface area contributed by atoms with Crippen molar-refractivity contribution in [3.63, 3.8) is 0 Å². The molecule has 0 amide bonds. The minimum atomic E-state index is 0.708. The van der Waals surface area contributed by atoms with Crippen LogP contribution in [0.3, 0.4) is 0 Å². The van der Waals surface area contributed by atoms with Gasteiger partial charge in [0, 0.05) is 42.7 Å². The average Bonchev–Trinajstić information content (AvgIpc) is 2.94. The smallest absolute Gasteiger partial charge is 0.142 e. The van der Waals surface area contributed by atoms with Crippen LogP contribution in [0.5, 0.6) is 11.5 Å². The Morgan fingerprint density at radius 1 is 0.611 bits per heavy atom. The van der Waals surface area contributed by atoms with E-state index < -0.39 is 0 Å². The summed E-state index contributed by atoms with van der Waals surface area (Å²) in [5.74, 6) is 3.69. The molecule has 4 nitrogen and oxygen atoms in total. The number of hydrogen-bond donors (Lipinski definition) is 0. The van der Waals surface area contributed by atoms with Crippen molar-refractivity contribution in [3.05, 3.63) is 83.9 Å². The van der Waals surface area contributed by atoms with E-state index in [1.807, 2.05) is 0 Å². The number of benzene rings is 4. The van der Waals surface area contributed by atoms with Gasteiger partial charge in [-0.2, -0.15) is 0 Å². The summed E-state index contributed by atoms with van der Waals surface area (Å²) in [4.78, 5) is 5.02. The van der Waals surface area contributed by atoms with Crippen LogP contribution in [-0.4, -0.2) is 36.4 Å². The third-order valence-electron chi connectivity index (χ3n) is 8.53. The van der Waals surface area contributed by atoms with Crippen molar-refractivity contribution in [1.29, 1.82) is 0 Å². The zero-order valence-electron chi connectivity index (χ0n) is 20.9. The first kappa shape index (κ1) is 22.1. The maximum absolute atomic E-state index is 6.28. The van der Waals surface area contributed by atoms with Crippen LogP contribution in [0.25, 0.3) is 21.5 Å². The summed E-state index contributed by atoms with van der Waals surface area (Å²) in [6.45, 7) is 5.70. The van der Waals surface area contributed by atoms with Crippen LogP contribution in [0, 0.1) is 11.8 Å². The Balaban J connectivity index is 0.937. The molecular weight excluding hydrogens is 444 g/mol. The molecule has 0 atom stereocenters. The van der Waals surface area contributed by atoms with Gasteiger partial charge < -0.3 is 9.47 Å².